The topological polar surface area (TPSA) is 96.5 Å². The van der Waals surface area contributed by atoms with Crippen LogP contribution >= 0.6 is 11.3 Å². The van der Waals surface area contributed by atoms with Crippen molar-refractivity contribution in [3.05, 3.63) is 52.6 Å². The Morgan fingerprint density at radius 3 is 2.58 bits per heavy atom. The van der Waals surface area contributed by atoms with Crippen LogP contribution in [0.25, 0.3) is 21.5 Å². The summed E-state index contributed by atoms with van der Waals surface area (Å²) in [6.45, 7) is 15.8. The van der Waals surface area contributed by atoms with Gasteiger partial charge < -0.3 is 20.3 Å². The number of nitrogens with zero attached hydrogens (tertiary/aromatic N) is 7. The molecule has 4 aromatic rings. The summed E-state index contributed by atoms with van der Waals surface area (Å²) < 4.78 is 6.35. The quantitative estimate of drug-likeness (QED) is 0.376. The van der Waals surface area contributed by atoms with Gasteiger partial charge in [-0.15, -0.1) is 0 Å². The van der Waals surface area contributed by atoms with E-state index < -0.39 is 0 Å². The number of likely N-dealkylation sites (N-methyl/N-ethyl adjacent to an activating group) is 1. The molecule has 40 heavy (non-hydrogen) atoms. The van der Waals surface area contributed by atoms with E-state index in [-0.39, 0.29) is 0 Å². The molecule has 2 aliphatic rings. The predicted molar refractivity (Wildman–Crippen MR) is 162 cm³/mol. The molecule has 10 heteroatoms. The predicted octanol–water partition coefficient (Wildman–Crippen LogP) is 4.62. The maximum atomic E-state index is 6.35. The minimum Gasteiger partial charge on any atom is -0.491 e. The van der Waals surface area contributed by atoms with E-state index in [2.05, 4.69) is 77.6 Å². The van der Waals surface area contributed by atoms with E-state index in [1.807, 2.05) is 6.20 Å². The summed E-state index contributed by atoms with van der Waals surface area (Å²) in [5, 5.41) is 0.537. The van der Waals surface area contributed by atoms with Gasteiger partial charge in [0.1, 0.15) is 34.3 Å². The Balaban J connectivity index is 1.35. The average Bonchev–Trinajstić information content (AvgIpc) is 3.14. The minimum absolute atomic E-state index is 0.313. The van der Waals surface area contributed by atoms with Crippen LogP contribution in [0.2, 0.25) is 0 Å². The van der Waals surface area contributed by atoms with Gasteiger partial charge in [0.05, 0.1) is 13.1 Å². The zero-order valence-electron chi connectivity index (χ0n) is 24.1. The minimum atomic E-state index is 0.313. The molecule has 210 valence electrons. The molecule has 0 radical (unpaired) electrons. The molecule has 6 rings (SSSR count). The first-order valence-electron chi connectivity index (χ1n) is 14.1. The van der Waals surface area contributed by atoms with Gasteiger partial charge in [-0.25, -0.2) is 19.9 Å². The molecule has 0 unspecified atom stereocenters. The number of fused-ring (bicyclic) bond motifs is 2. The van der Waals surface area contributed by atoms with Crippen molar-refractivity contribution in [2.45, 2.75) is 46.7 Å². The Hall–Kier alpha value is -3.34. The number of aromatic nitrogens is 4. The highest BCUT2D eigenvalue weighted by Crippen LogP contribution is 2.37. The summed E-state index contributed by atoms with van der Waals surface area (Å²) in [5.41, 5.74) is 13.4. The number of nitrogens with two attached hydrogens (primary N) is 1. The highest BCUT2D eigenvalue weighted by molar-refractivity contribution is 7.21. The van der Waals surface area contributed by atoms with Crippen LogP contribution in [-0.4, -0.2) is 76.1 Å². The molecule has 5 heterocycles. The molecule has 0 saturated carbocycles. The Labute approximate surface area is 240 Å². The molecule has 2 aliphatic heterocycles. The van der Waals surface area contributed by atoms with Crippen molar-refractivity contribution in [1.82, 2.24) is 29.7 Å². The van der Waals surface area contributed by atoms with Crippen molar-refractivity contribution in [3.63, 3.8) is 0 Å². The summed E-state index contributed by atoms with van der Waals surface area (Å²) >= 11 is 1.41. The fraction of sp³-hybridized carbons (Fsp3) is 0.467. The monoisotopic (exact) mass is 558 g/mol. The number of ether oxygens (including phenoxy) is 1. The van der Waals surface area contributed by atoms with E-state index in [9.17, 15) is 0 Å². The summed E-state index contributed by atoms with van der Waals surface area (Å²) in [5.74, 6) is 3.21. The molecular weight excluding hydrogens is 520 g/mol. The van der Waals surface area contributed by atoms with Crippen LogP contribution in [0.1, 0.15) is 48.0 Å². The van der Waals surface area contributed by atoms with Crippen LogP contribution in [0.5, 0.6) is 5.75 Å². The highest BCUT2D eigenvalue weighted by Gasteiger charge is 2.25. The number of hydrogen-bond donors (Lipinski definition) is 1. The maximum Gasteiger partial charge on any atom is 0.182 e. The van der Waals surface area contributed by atoms with Crippen LogP contribution in [0.4, 0.5) is 10.9 Å². The molecule has 0 aliphatic carbocycles. The second kappa shape index (κ2) is 10.9. The van der Waals surface area contributed by atoms with Crippen LogP contribution in [-0.2, 0) is 13.1 Å². The van der Waals surface area contributed by atoms with Gasteiger partial charge in [0.25, 0.3) is 0 Å². The third kappa shape index (κ3) is 5.35. The van der Waals surface area contributed by atoms with Crippen LogP contribution in [0, 0.1) is 13.8 Å². The molecule has 0 amide bonds. The van der Waals surface area contributed by atoms with Crippen LogP contribution in [0.15, 0.2) is 24.4 Å². The van der Waals surface area contributed by atoms with E-state index in [0.29, 0.717) is 24.2 Å². The van der Waals surface area contributed by atoms with Crippen molar-refractivity contribution in [1.29, 1.82) is 0 Å². The smallest absolute Gasteiger partial charge is 0.182 e. The third-order valence-corrected chi connectivity index (χ3v) is 8.73. The number of rotatable bonds is 5. The fourth-order valence-electron chi connectivity index (χ4n) is 5.88. The van der Waals surface area contributed by atoms with E-state index >= 15 is 0 Å². The largest absolute Gasteiger partial charge is 0.491 e. The second-order valence-electron chi connectivity index (χ2n) is 11.3. The van der Waals surface area contributed by atoms with Crippen molar-refractivity contribution >= 4 is 32.6 Å². The van der Waals surface area contributed by atoms with Crippen molar-refractivity contribution in [2.75, 3.05) is 57.0 Å². The van der Waals surface area contributed by atoms with Gasteiger partial charge in [0.2, 0.25) is 0 Å². The number of hydrogen-bond acceptors (Lipinski definition) is 10. The van der Waals surface area contributed by atoms with E-state index in [1.54, 1.807) is 0 Å². The lowest BCUT2D eigenvalue weighted by Gasteiger charge is -2.32. The Bertz CT molecular complexity index is 1540. The third-order valence-electron chi connectivity index (χ3n) is 7.92. The highest BCUT2D eigenvalue weighted by atomic mass is 32.1. The lowest BCUT2D eigenvalue weighted by molar-refractivity contribution is 0.145. The van der Waals surface area contributed by atoms with Crippen molar-refractivity contribution in [3.8, 4) is 16.9 Å². The molecule has 1 saturated heterocycles. The molecule has 0 atom stereocenters. The maximum absolute atomic E-state index is 6.35. The average molecular weight is 559 g/mol. The first-order valence-corrected chi connectivity index (χ1v) is 14.9. The molecule has 0 bridgehead atoms. The zero-order valence-corrected chi connectivity index (χ0v) is 24.9. The first kappa shape index (κ1) is 26.9. The Morgan fingerprint density at radius 1 is 1.00 bits per heavy atom. The van der Waals surface area contributed by atoms with Crippen LogP contribution < -0.4 is 15.4 Å². The number of nitrogen functional groups attached to an aromatic ring is 1. The SMILES string of the molecule is Cc1cc(-c2cnc3sc(N)nc3c2)cc2c1OCCN(c1nc(CN3CCN(C)CC3)nc(C)c1C(C)C)C2. The van der Waals surface area contributed by atoms with Gasteiger partial charge in [0, 0.05) is 61.3 Å². The molecule has 1 fully saturated rings. The summed E-state index contributed by atoms with van der Waals surface area (Å²) in [6.07, 6.45) is 1.91. The molecule has 1 aromatic carbocycles. The fourth-order valence-corrected chi connectivity index (χ4v) is 6.53. The lowest BCUT2D eigenvalue weighted by atomic mass is 9.99. The molecule has 2 N–H and O–H groups in total. The number of thiazole rings is 1. The van der Waals surface area contributed by atoms with E-state index in [4.69, 9.17) is 20.4 Å². The number of pyridine rings is 1. The van der Waals surface area contributed by atoms with Crippen LogP contribution in [0.3, 0.4) is 0 Å². The van der Waals surface area contributed by atoms with Gasteiger partial charge in [-0.1, -0.05) is 25.2 Å². The summed E-state index contributed by atoms with van der Waals surface area (Å²) in [6, 6.07) is 6.48. The normalized spacial score (nSPS) is 16.8. The first-order chi connectivity index (χ1) is 19.2. The lowest BCUT2D eigenvalue weighted by Crippen LogP contribution is -2.44. The van der Waals surface area contributed by atoms with Gasteiger partial charge >= 0.3 is 0 Å². The number of anilines is 2. The van der Waals surface area contributed by atoms with E-state index in [0.717, 1.165) is 95.0 Å². The number of piperazine rings is 1. The second-order valence-corrected chi connectivity index (χ2v) is 12.4. The molecule has 0 spiro atoms. The summed E-state index contributed by atoms with van der Waals surface area (Å²) in [7, 11) is 2.18. The zero-order chi connectivity index (χ0) is 28.0. The number of benzene rings is 1. The van der Waals surface area contributed by atoms with Gasteiger partial charge in [0.15, 0.2) is 5.13 Å². The van der Waals surface area contributed by atoms with Gasteiger partial charge in [-0.05, 0) is 56.1 Å². The summed E-state index contributed by atoms with van der Waals surface area (Å²) in [4.78, 5) is 27.3. The van der Waals surface area contributed by atoms with Gasteiger partial charge in [-0.2, -0.15) is 0 Å². The Kier molecular flexibility index (Phi) is 7.33. The Morgan fingerprint density at radius 2 is 1.80 bits per heavy atom. The van der Waals surface area contributed by atoms with Gasteiger partial charge in [-0.3, -0.25) is 4.90 Å². The number of aryl methyl sites for hydroxylation is 2. The molecule has 3 aromatic heterocycles. The standard InChI is InChI=1S/C30H38N8OS/c1-18(2)26-20(4)33-25(17-37-8-6-36(5)7-9-37)35-28(26)38-10-11-39-27-19(3)12-21(13-23(27)16-38)22-14-24-29(32-15-22)40-30(31)34-24/h12-15,18H,6-11,16-17H2,1-5H3,(H2,31,34). The van der Waals surface area contributed by atoms with Crippen molar-refractivity contribution < 1.29 is 4.74 Å². The van der Waals surface area contributed by atoms with Crippen molar-refractivity contribution in [2.24, 2.45) is 0 Å². The molecule has 9 nitrogen and oxygen atoms in total. The molecular formula is C30H38N8OS. The van der Waals surface area contributed by atoms with E-state index in [1.165, 1.54) is 16.9 Å².